The fourth-order valence-corrected chi connectivity index (χ4v) is 4.33. The number of anilines is 1. The molecule has 0 spiro atoms. The maximum absolute atomic E-state index is 12.5. The number of rotatable bonds is 5. The minimum absolute atomic E-state index is 0.0993. The third kappa shape index (κ3) is 3.64. The number of carbonyl (C=O) groups excluding carboxylic acids is 3. The monoisotopic (exact) mass is 366 g/mol. The summed E-state index contributed by atoms with van der Waals surface area (Å²) in [6, 6.07) is 5.31. The lowest BCUT2D eigenvalue weighted by Crippen LogP contribution is -2.38. The van der Waals surface area contributed by atoms with E-state index in [1.54, 1.807) is 6.07 Å². The van der Waals surface area contributed by atoms with Crippen molar-refractivity contribution in [2.45, 2.75) is 17.7 Å². The van der Waals surface area contributed by atoms with E-state index in [4.69, 9.17) is 0 Å². The molecule has 2 fully saturated rings. The lowest BCUT2D eigenvalue weighted by Gasteiger charge is -2.16. The number of amides is 4. The number of urea groups is 1. The van der Waals surface area contributed by atoms with Gasteiger partial charge in [-0.25, -0.2) is 13.2 Å². The molecule has 2 N–H and O–H groups in total. The van der Waals surface area contributed by atoms with Gasteiger partial charge in [-0.1, -0.05) is 6.07 Å². The van der Waals surface area contributed by atoms with E-state index < -0.39 is 34.4 Å². The van der Waals surface area contributed by atoms with Crippen LogP contribution >= 0.6 is 0 Å². The molecule has 0 atom stereocenters. The molecule has 0 saturated carbocycles. The molecule has 2 aliphatic heterocycles. The number of benzene rings is 1. The number of hydrogen-bond acceptors (Lipinski definition) is 5. The highest BCUT2D eigenvalue weighted by Crippen LogP contribution is 2.23. The summed E-state index contributed by atoms with van der Waals surface area (Å²) in [5.74, 6) is -1.06. The van der Waals surface area contributed by atoms with Crippen LogP contribution < -0.4 is 10.6 Å². The molecule has 2 heterocycles. The second-order valence-electron chi connectivity index (χ2n) is 5.83. The Hall–Kier alpha value is -2.46. The van der Waals surface area contributed by atoms with E-state index in [2.05, 4.69) is 10.6 Å². The predicted octanol–water partition coefficient (Wildman–Crippen LogP) is -0.0386. The van der Waals surface area contributed by atoms with Crippen LogP contribution in [0.1, 0.15) is 12.8 Å². The van der Waals surface area contributed by atoms with Crippen LogP contribution in [0.2, 0.25) is 0 Å². The Labute approximate surface area is 145 Å². The number of sulfonamides is 1. The van der Waals surface area contributed by atoms with Gasteiger partial charge in [0, 0.05) is 18.8 Å². The molecule has 4 amide bonds. The van der Waals surface area contributed by atoms with Gasteiger partial charge in [-0.15, -0.1) is 0 Å². The minimum atomic E-state index is -3.58. The average molecular weight is 366 g/mol. The molecular formula is C15H18N4O5S. The summed E-state index contributed by atoms with van der Waals surface area (Å²) >= 11 is 0. The van der Waals surface area contributed by atoms with Gasteiger partial charge >= 0.3 is 6.03 Å². The molecule has 0 aromatic heterocycles. The van der Waals surface area contributed by atoms with Gasteiger partial charge in [0.25, 0.3) is 5.91 Å². The summed E-state index contributed by atoms with van der Waals surface area (Å²) in [6.45, 7) is 0.430. The third-order valence-electron chi connectivity index (χ3n) is 4.06. The van der Waals surface area contributed by atoms with Crippen LogP contribution in [0.25, 0.3) is 0 Å². The predicted molar refractivity (Wildman–Crippen MR) is 88.2 cm³/mol. The maximum atomic E-state index is 12.5. The molecule has 134 valence electrons. The van der Waals surface area contributed by atoms with E-state index >= 15 is 0 Å². The van der Waals surface area contributed by atoms with Gasteiger partial charge in [0.2, 0.25) is 15.9 Å². The average Bonchev–Trinajstić information content (AvgIpc) is 3.21. The largest absolute Gasteiger partial charge is 0.329 e. The zero-order chi connectivity index (χ0) is 18.0. The van der Waals surface area contributed by atoms with E-state index in [0.29, 0.717) is 13.1 Å². The molecule has 1 aromatic carbocycles. The molecule has 0 bridgehead atoms. The molecule has 10 heteroatoms. The van der Waals surface area contributed by atoms with Crippen LogP contribution in [0, 0.1) is 0 Å². The normalized spacial score (nSPS) is 18.5. The molecule has 1 aromatic rings. The SMILES string of the molecule is O=C(CN1C(=O)CNC1=O)Nc1cccc(S(=O)(=O)N2CCCC2)c1. The van der Waals surface area contributed by atoms with Crippen LogP contribution in [0.3, 0.4) is 0 Å². The number of hydrogen-bond donors (Lipinski definition) is 2. The van der Waals surface area contributed by atoms with Gasteiger partial charge in [0.15, 0.2) is 0 Å². The zero-order valence-corrected chi connectivity index (χ0v) is 14.2. The molecule has 0 unspecified atom stereocenters. The van der Waals surface area contributed by atoms with Crippen molar-refractivity contribution in [1.82, 2.24) is 14.5 Å². The van der Waals surface area contributed by atoms with E-state index in [0.717, 1.165) is 17.7 Å². The minimum Gasteiger partial charge on any atom is -0.329 e. The quantitative estimate of drug-likeness (QED) is 0.710. The molecule has 2 saturated heterocycles. The number of nitrogens with one attached hydrogen (secondary N) is 2. The van der Waals surface area contributed by atoms with E-state index in [9.17, 15) is 22.8 Å². The van der Waals surface area contributed by atoms with Crippen LogP contribution in [0.4, 0.5) is 10.5 Å². The first-order valence-electron chi connectivity index (χ1n) is 7.86. The zero-order valence-electron chi connectivity index (χ0n) is 13.4. The summed E-state index contributed by atoms with van der Waals surface area (Å²) in [5, 5.41) is 4.84. The van der Waals surface area contributed by atoms with E-state index in [1.807, 2.05) is 0 Å². The standard InChI is InChI=1S/C15H18N4O5S/c20-13(10-19-14(21)9-16-15(19)22)17-11-4-3-5-12(8-11)25(23,24)18-6-1-2-7-18/h3-5,8H,1-2,6-7,9-10H2,(H,16,22)(H,17,20). The Bertz CT molecular complexity index is 801. The first-order chi connectivity index (χ1) is 11.9. The molecular weight excluding hydrogens is 348 g/mol. The van der Waals surface area contributed by atoms with Gasteiger partial charge in [-0.3, -0.25) is 14.5 Å². The molecule has 0 radical (unpaired) electrons. The van der Waals surface area contributed by atoms with Crippen molar-refractivity contribution in [3.05, 3.63) is 24.3 Å². The summed E-state index contributed by atoms with van der Waals surface area (Å²) in [7, 11) is -3.58. The van der Waals surface area contributed by atoms with Gasteiger partial charge in [-0.05, 0) is 31.0 Å². The van der Waals surface area contributed by atoms with Crippen molar-refractivity contribution in [3.63, 3.8) is 0 Å². The van der Waals surface area contributed by atoms with E-state index in [1.165, 1.54) is 22.5 Å². The van der Waals surface area contributed by atoms with Crippen molar-refractivity contribution in [2.24, 2.45) is 0 Å². The highest BCUT2D eigenvalue weighted by molar-refractivity contribution is 7.89. The van der Waals surface area contributed by atoms with Crippen LogP contribution in [-0.2, 0) is 19.6 Å². The number of carbonyl (C=O) groups is 3. The van der Waals surface area contributed by atoms with Gasteiger partial charge < -0.3 is 10.6 Å². The maximum Gasteiger partial charge on any atom is 0.325 e. The Morgan fingerprint density at radius 1 is 1.20 bits per heavy atom. The van der Waals surface area contributed by atoms with Crippen LogP contribution in [0.15, 0.2) is 29.2 Å². The van der Waals surface area contributed by atoms with Crippen LogP contribution in [0.5, 0.6) is 0 Å². The highest BCUT2D eigenvalue weighted by atomic mass is 32.2. The Balaban J connectivity index is 1.70. The van der Waals surface area contributed by atoms with Crippen molar-refractivity contribution in [2.75, 3.05) is 31.5 Å². The van der Waals surface area contributed by atoms with Crippen molar-refractivity contribution in [1.29, 1.82) is 0 Å². The first-order valence-corrected chi connectivity index (χ1v) is 9.30. The highest BCUT2D eigenvalue weighted by Gasteiger charge is 2.30. The summed E-state index contributed by atoms with van der Waals surface area (Å²) in [5.41, 5.74) is 0.289. The van der Waals surface area contributed by atoms with Crippen LogP contribution in [-0.4, -0.2) is 61.6 Å². The third-order valence-corrected chi connectivity index (χ3v) is 5.95. The summed E-state index contributed by atoms with van der Waals surface area (Å²) < 4.78 is 26.5. The topological polar surface area (TPSA) is 116 Å². The van der Waals surface area contributed by atoms with Gasteiger partial charge in [-0.2, -0.15) is 4.31 Å². The lowest BCUT2D eigenvalue weighted by atomic mass is 10.3. The molecule has 25 heavy (non-hydrogen) atoms. The smallest absolute Gasteiger partial charge is 0.325 e. The second-order valence-corrected chi connectivity index (χ2v) is 7.76. The molecule has 2 aliphatic rings. The Morgan fingerprint density at radius 2 is 1.92 bits per heavy atom. The lowest BCUT2D eigenvalue weighted by molar-refractivity contribution is -0.128. The van der Waals surface area contributed by atoms with Gasteiger partial charge in [0.05, 0.1) is 11.4 Å². The second kappa shape index (κ2) is 6.81. The number of nitrogens with zero attached hydrogens (tertiary/aromatic N) is 2. The molecule has 3 rings (SSSR count). The van der Waals surface area contributed by atoms with E-state index in [-0.39, 0.29) is 17.1 Å². The van der Waals surface area contributed by atoms with Crippen molar-refractivity contribution < 1.29 is 22.8 Å². The Kier molecular flexibility index (Phi) is 4.73. The summed E-state index contributed by atoms with van der Waals surface area (Å²) in [4.78, 5) is 35.9. The number of imide groups is 1. The fourth-order valence-electron chi connectivity index (χ4n) is 2.77. The van der Waals surface area contributed by atoms with Gasteiger partial charge in [0.1, 0.15) is 6.54 Å². The molecule has 9 nitrogen and oxygen atoms in total. The van der Waals surface area contributed by atoms with Crippen molar-refractivity contribution in [3.8, 4) is 0 Å². The summed E-state index contributed by atoms with van der Waals surface area (Å²) in [6.07, 6.45) is 1.67. The molecule has 0 aliphatic carbocycles. The fraction of sp³-hybridized carbons (Fsp3) is 0.400. The van der Waals surface area contributed by atoms with Crippen molar-refractivity contribution >= 4 is 33.6 Å². The Morgan fingerprint density at radius 3 is 2.56 bits per heavy atom. The first kappa shape index (κ1) is 17.4.